The number of rotatable bonds is 2. The van der Waals surface area contributed by atoms with E-state index >= 15 is 0 Å². The van der Waals surface area contributed by atoms with Crippen LogP contribution in [0.2, 0.25) is 0 Å². The van der Waals surface area contributed by atoms with Gasteiger partial charge in [-0.2, -0.15) is 0 Å². The molecule has 0 atom stereocenters. The van der Waals surface area contributed by atoms with E-state index in [1.54, 1.807) is 0 Å². The summed E-state index contributed by atoms with van der Waals surface area (Å²) >= 11 is 0. The molecular weight excluding hydrogens is 182 g/mol. The molecule has 1 aliphatic heterocycles. The van der Waals surface area contributed by atoms with E-state index in [1.807, 2.05) is 7.05 Å². The molecule has 0 radical (unpaired) electrons. The van der Waals surface area contributed by atoms with Gasteiger partial charge in [0, 0.05) is 13.1 Å². The van der Waals surface area contributed by atoms with Crippen molar-refractivity contribution in [1.82, 2.24) is 10.2 Å². The Balaban J connectivity index is 2.35. The summed E-state index contributed by atoms with van der Waals surface area (Å²) in [7, 11) is 1.92. The van der Waals surface area contributed by atoms with Crippen molar-refractivity contribution in [1.29, 1.82) is 0 Å². The van der Waals surface area contributed by atoms with Gasteiger partial charge in [-0.05, 0) is 32.4 Å². The van der Waals surface area contributed by atoms with Crippen LogP contribution in [0.3, 0.4) is 0 Å². The SMILES string of the molecule is CNCC1CCN(C(=O)C(N)=O)CC1. The lowest BCUT2D eigenvalue weighted by Gasteiger charge is -2.30. The van der Waals surface area contributed by atoms with Crippen LogP contribution in [0, 0.1) is 5.92 Å². The standard InChI is InChI=1S/C9H17N3O2/c1-11-6-7-2-4-12(5-3-7)9(14)8(10)13/h7,11H,2-6H2,1H3,(H2,10,13). The first-order valence-corrected chi connectivity index (χ1v) is 4.88. The van der Waals surface area contributed by atoms with E-state index in [0.29, 0.717) is 19.0 Å². The van der Waals surface area contributed by atoms with Gasteiger partial charge >= 0.3 is 11.8 Å². The maximum absolute atomic E-state index is 11.2. The van der Waals surface area contributed by atoms with Crippen LogP contribution in [0.4, 0.5) is 0 Å². The molecule has 0 spiro atoms. The third-order valence-electron chi connectivity index (χ3n) is 2.61. The van der Waals surface area contributed by atoms with Crippen molar-refractivity contribution < 1.29 is 9.59 Å². The molecule has 0 aromatic rings. The van der Waals surface area contributed by atoms with Gasteiger partial charge in [-0.15, -0.1) is 0 Å². The molecule has 2 amide bonds. The number of carbonyl (C=O) groups excluding carboxylic acids is 2. The Hall–Kier alpha value is -1.10. The highest BCUT2D eigenvalue weighted by Crippen LogP contribution is 2.15. The maximum atomic E-state index is 11.2. The number of nitrogens with two attached hydrogens (primary N) is 1. The molecule has 1 fully saturated rings. The minimum atomic E-state index is -0.850. The summed E-state index contributed by atoms with van der Waals surface area (Å²) in [4.78, 5) is 23.4. The van der Waals surface area contributed by atoms with E-state index in [4.69, 9.17) is 5.73 Å². The van der Waals surface area contributed by atoms with Crippen molar-refractivity contribution in [2.75, 3.05) is 26.7 Å². The molecule has 5 nitrogen and oxygen atoms in total. The number of nitrogens with zero attached hydrogens (tertiary/aromatic N) is 1. The number of likely N-dealkylation sites (tertiary alicyclic amines) is 1. The topological polar surface area (TPSA) is 75.4 Å². The molecule has 0 saturated carbocycles. The first kappa shape index (κ1) is 11.0. The van der Waals surface area contributed by atoms with Gasteiger partial charge in [0.15, 0.2) is 0 Å². The molecule has 1 aliphatic rings. The van der Waals surface area contributed by atoms with Gasteiger partial charge < -0.3 is 16.0 Å². The molecule has 0 unspecified atom stereocenters. The van der Waals surface area contributed by atoms with Crippen molar-refractivity contribution >= 4 is 11.8 Å². The Morgan fingerprint density at radius 3 is 2.43 bits per heavy atom. The van der Waals surface area contributed by atoms with Crippen molar-refractivity contribution in [3.63, 3.8) is 0 Å². The van der Waals surface area contributed by atoms with Crippen LogP contribution in [0.5, 0.6) is 0 Å². The number of piperidine rings is 1. The molecule has 3 N–H and O–H groups in total. The zero-order valence-electron chi connectivity index (χ0n) is 8.45. The molecule has 0 aromatic heterocycles. The summed E-state index contributed by atoms with van der Waals surface area (Å²) in [5, 5.41) is 3.11. The predicted molar refractivity (Wildman–Crippen MR) is 52.4 cm³/mol. The van der Waals surface area contributed by atoms with Crippen LogP contribution in [0.15, 0.2) is 0 Å². The van der Waals surface area contributed by atoms with Gasteiger partial charge in [-0.1, -0.05) is 0 Å². The molecular formula is C9H17N3O2. The largest absolute Gasteiger partial charge is 0.361 e. The molecule has 1 rings (SSSR count). The number of carbonyl (C=O) groups is 2. The van der Waals surface area contributed by atoms with Gasteiger partial charge in [0.2, 0.25) is 0 Å². The van der Waals surface area contributed by atoms with Crippen LogP contribution in [0.1, 0.15) is 12.8 Å². The van der Waals surface area contributed by atoms with Crippen molar-refractivity contribution in [2.45, 2.75) is 12.8 Å². The monoisotopic (exact) mass is 199 g/mol. The first-order valence-electron chi connectivity index (χ1n) is 4.88. The number of hydrogen-bond donors (Lipinski definition) is 2. The van der Waals surface area contributed by atoms with Crippen LogP contribution >= 0.6 is 0 Å². The Morgan fingerprint density at radius 2 is 2.00 bits per heavy atom. The fraction of sp³-hybridized carbons (Fsp3) is 0.778. The van der Waals surface area contributed by atoms with Gasteiger partial charge in [-0.25, -0.2) is 0 Å². The second-order valence-corrected chi connectivity index (χ2v) is 3.66. The minimum Gasteiger partial charge on any atom is -0.361 e. The van der Waals surface area contributed by atoms with Crippen LogP contribution in [-0.2, 0) is 9.59 Å². The number of amides is 2. The lowest BCUT2D eigenvalue weighted by atomic mass is 9.97. The summed E-state index contributed by atoms with van der Waals surface area (Å²) in [6.45, 7) is 2.26. The Labute approximate surface area is 83.6 Å². The van der Waals surface area contributed by atoms with Crippen molar-refractivity contribution in [3.8, 4) is 0 Å². The molecule has 1 saturated heterocycles. The van der Waals surface area contributed by atoms with E-state index in [2.05, 4.69) is 5.32 Å². The smallest absolute Gasteiger partial charge is 0.311 e. The summed E-state index contributed by atoms with van der Waals surface area (Å²) in [5.41, 5.74) is 4.92. The summed E-state index contributed by atoms with van der Waals surface area (Å²) in [5.74, 6) is -0.790. The second kappa shape index (κ2) is 4.95. The van der Waals surface area contributed by atoms with Crippen LogP contribution < -0.4 is 11.1 Å². The van der Waals surface area contributed by atoms with Crippen LogP contribution in [0.25, 0.3) is 0 Å². The summed E-state index contributed by atoms with van der Waals surface area (Å²) in [6, 6.07) is 0. The van der Waals surface area contributed by atoms with Gasteiger partial charge in [0.05, 0.1) is 0 Å². The molecule has 14 heavy (non-hydrogen) atoms. The Bertz CT molecular complexity index is 222. The van der Waals surface area contributed by atoms with Gasteiger partial charge in [0.1, 0.15) is 0 Å². The Morgan fingerprint density at radius 1 is 1.43 bits per heavy atom. The third-order valence-corrected chi connectivity index (χ3v) is 2.61. The summed E-state index contributed by atoms with van der Waals surface area (Å²) < 4.78 is 0. The van der Waals surface area contributed by atoms with E-state index in [-0.39, 0.29) is 0 Å². The van der Waals surface area contributed by atoms with Gasteiger partial charge in [0.25, 0.3) is 0 Å². The van der Waals surface area contributed by atoms with Gasteiger partial charge in [-0.3, -0.25) is 9.59 Å². The minimum absolute atomic E-state index is 0.548. The second-order valence-electron chi connectivity index (χ2n) is 3.66. The lowest BCUT2D eigenvalue weighted by Crippen LogP contribution is -2.45. The van der Waals surface area contributed by atoms with Crippen LogP contribution in [-0.4, -0.2) is 43.4 Å². The third kappa shape index (κ3) is 2.70. The fourth-order valence-corrected chi connectivity index (χ4v) is 1.78. The van der Waals surface area contributed by atoms with E-state index < -0.39 is 11.8 Å². The molecule has 80 valence electrons. The first-order chi connectivity index (χ1) is 6.65. The molecule has 0 aliphatic carbocycles. The van der Waals surface area contributed by atoms with E-state index in [9.17, 15) is 9.59 Å². The van der Waals surface area contributed by atoms with Crippen molar-refractivity contribution in [3.05, 3.63) is 0 Å². The van der Waals surface area contributed by atoms with E-state index in [0.717, 1.165) is 19.4 Å². The number of hydrogen-bond acceptors (Lipinski definition) is 3. The fourth-order valence-electron chi connectivity index (χ4n) is 1.78. The number of nitrogens with one attached hydrogen (secondary N) is 1. The summed E-state index contributed by atoms with van der Waals surface area (Å²) in [6.07, 6.45) is 1.89. The molecule has 1 heterocycles. The highest BCUT2D eigenvalue weighted by Gasteiger charge is 2.24. The van der Waals surface area contributed by atoms with Crippen molar-refractivity contribution in [2.24, 2.45) is 11.7 Å². The molecule has 0 bridgehead atoms. The maximum Gasteiger partial charge on any atom is 0.311 e. The predicted octanol–water partition coefficient (Wildman–Crippen LogP) is -1.07. The average molecular weight is 199 g/mol. The normalized spacial score (nSPS) is 18.2. The highest BCUT2D eigenvalue weighted by molar-refractivity contribution is 6.34. The number of primary amides is 1. The highest BCUT2D eigenvalue weighted by atomic mass is 16.2. The Kier molecular flexibility index (Phi) is 3.88. The zero-order valence-corrected chi connectivity index (χ0v) is 8.45. The lowest BCUT2D eigenvalue weighted by molar-refractivity contribution is -0.145. The molecule has 0 aromatic carbocycles. The van der Waals surface area contributed by atoms with E-state index in [1.165, 1.54) is 4.90 Å². The zero-order chi connectivity index (χ0) is 10.6. The quantitative estimate of drug-likeness (QED) is 0.556. The molecule has 5 heteroatoms. The average Bonchev–Trinajstić information content (AvgIpc) is 2.18.